The fraction of sp³-hybridized carbons (Fsp3) is 0.857. The quantitative estimate of drug-likeness (QED) is 0.386. The molecule has 0 spiro atoms. The van der Waals surface area contributed by atoms with Crippen molar-refractivity contribution in [1.29, 1.82) is 0 Å². The fourth-order valence-electron chi connectivity index (χ4n) is 0.597. The molecule has 3 nitrogen and oxygen atoms in total. The van der Waals surface area contributed by atoms with Gasteiger partial charge in [-0.25, -0.2) is 0 Å². The number of aliphatic hydroxyl groups excluding tert-OH is 1. The Balaban J connectivity index is 3.68. The van der Waals surface area contributed by atoms with E-state index in [2.05, 4.69) is 6.92 Å². The zero-order chi connectivity index (χ0) is 8.36. The summed E-state index contributed by atoms with van der Waals surface area (Å²) in [7, 11) is 0. The minimum atomic E-state index is -1.79. The molecule has 0 aromatic rings. The Hall–Kier alpha value is -0.250. The summed E-state index contributed by atoms with van der Waals surface area (Å²) in [6, 6.07) is 0. The van der Waals surface area contributed by atoms with Crippen LogP contribution in [0.5, 0.6) is 0 Å². The molecule has 3 heteroatoms. The molecular weight excluding hydrogens is 132 g/mol. The molecule has 0 fully saturated rings. The molecule has 0 saturated carbocycles. The van der Waals surface area contributed by atoms with E-state index >= 15 is 0 Å². The van der Waals surface area contributed by atoms with E-state index in [4.69, 9.17) is 15.3 Å². The molecule has 3 N–H and O–H groups in total. The Morgan fingerprint density at radius 3 is 2.00 bits per heavy atom. The van der Waals surface area contributed by atoms with Crippen LogP contribution >= 0.6 is 0 Å². The van der Waals surface area contributed by atoms with Gasteiger partial charge >= 0.3 is 0 Å². The van der Waals surface area contributed by atoms with Crippen molar-refractivity contribution in [2.24, 2.45) is 5.92 Å². The van der Waals surface area contributed by atoms with E-state index in [0.717, 1.165) is 0 Å². The first-order valence-corrected chi connectivity index (χ1v) is 3.29. The van der Waals surface area contributed by atoms with Crippen LogP contribution in [-0.4, -0.2) is 27.2 Å². The molecule has 0 heterocycles. The summed E-state index contributed by atoms with van der Waals surface area (Å²) in [5.41, 5.74) is 0. The average molecular weight is 147 g/mol. The minimum absolute atomic E-state index is 0.0579. The number of aliphatic hydroxyl groups is 3. The lowest BCUT2D eigenvalue weighted by Crippen LogP contribution is -2.31. The van der Waals surface area contributed by atoms with E-state index in [1.807, 2.05) is 0 Å². The first-order valence-electron chi connectivity index (χ1n) is 3.29. The van der Waals surface area contributed by atoms with Crippen LogP contribution in [0.1, 0.15) is 20.3 Å². The van der Waals surface area contributed by atoms with Gasteiger partial charge in [0.1, 0.15) is 12.0 Å². The maximum atomic E-state index is 9.08. The maximum absolute atomic E-state index is 9.08. The number of hydrogen-bond donors (Lipinski definition) is 3. The number of hydrogen-bond acceptors (Lipinski definition) is 3. The second-order valence-corrected chi connectivity index (χ2v) is 2.97. The molecule has 10 heavy (non-hydrogen) atoms. The summed E-state index contributed by atoms with van der Waals surface area (Å²) >= 11 is 0. The Morgan fingerprint density at radius 1 is 1.50 bits per heavy atom. The molecule has 0 aliphatic carbocycles. The van der Waals surface area contributed by atoms with Crippen molar-refractivity contribution in [2.45, 2.75) is 32.2 Å². The van der Waals surface area contributed by atoms with Gasteiger partial charge in [0, 0.05) is 6.42 Å². The Labute approximate surface area is 61.3 Å². The second-order valence-electron chi connectivity index (χ2n) is 2.97. The van der Waals surface area contributed by atoms with Crippen molar-refractivity contribution >= 4 is 0 Å². The highest BCUT2D eigenvalue weighted by Gasteiger charge is 2.25. The second kappa shape index (κ2) is 3.23. The summed E-state index contributed by atoms with van der Waals surface area (Å²) in [6.45, 7) is 6.50. The maximum Gasteiger partial charge on any atom is 0.162 e. The summed E-state index contributed by atoms with van der Waals surface area (Å²) in [4.78, 5) is 0. The van der Waals surface area contributed by atoms with Crippen molar-refractivity contribution in [1.82, 2.24) is 0 Å². The summed E-state index contributed by atoms with van der Waals surface area (Å²) in [5, 5.41) is 26.7. The van der Waals surface area contributed by atoms with Crippen LogP contribution in [0.15, 0.2) is 0 Å². The average Bonchev–Trinajstić information content (AvgIpc) is 1.60. The highest BCUT2D eigenvalue weighted by Crippen LogP contribution is 2.13. The summed E-state index contributed by atoms with van der Waals surface area (Å²) < 4.78 is 0. The lowest BCUT2D eigenvalue weighted by atomic mass is 10.0. The predicted octanol–water partition coefficient (Wildman–Crippen LogP) is -0.0916. The molecular formula is C7H15O3+. The van der Waals surface area contributed by atoms with Crippen LogP contribution in [0.4, 0.5) is 0 Å². The van der Waals surface area contributed by atoms with Gasteiger partial charge in [0.15, 0.2) is 5.79 Å². The normalized spacial score (nSPS) is 18.5. The molecule has 0 amide bonds. The van der Waals surface area contributed by atoms with Gasteiger partial charge in [-0.15, -0.1) is 0 Å². The van der Waals surface area contributed by atoms with Crippen LogP contribution in [0.2, 0.25) is 0 Å². The summed E-state index contributed by atoms with van der Waals surface area (Å²) in [6.07, 6.45) is -0.808. The zero-order valence-electron chi connectivity index (χ0n) is 6.41. The number of rotatable bonds is 3. The molecule has 0 aliphatic rings. The highest BCUT2D eigenvalue weighted by atomic mass is 16.5. The van der Waals surface area contributed by atoms with E-state index in [-0.39, 0.29) is 12.3 Å². The van der Waals surface area contributed by atoms with Crippen molar-refractivity contribution in [3.63, 3.8) is 0 Å². The van der Waals surface area contributed by atoms with Crippen LogP contribution in [0.3, 0.4) is 0 Å². The molecule has 0 bridgehead atoms. The lowest BCUT2D eigenvalue weighted by molar-refractivity contribution is -0.168. The smallest absolute Gasteiger partial charge is 0.162 e. The van der Waals surface area contributed by atoms with Crippen molar-refractivity contribution in [3.8, 4) is 0 Å². The Kier molecular flexibility index (Phi) is 3.15. The minimum Gasteiger partial charge on any atom is -0.388 e. The summed E-state index contributed by atoms with van der Waals surface area (Å²) in [5.74, 6) is -1.97. The molecule has 0 saturated heterocycles. The molecule has 60 valence electrons. The van der Waals surface area contributed by atoms with Crippen LogP contribution in [-0.2, 0) is 0 Å². The van der Waals surface area contributed by atoms with E-state index in [1.54, 1.807) is 6.92 Å². The topological polar surface area (TPSA) is 60.7 Å². The first kappa shape index (κ1) is 9.75. The van der Waals surface area contributed by atoms with Crippen LogP contribution in [0, 0.1) is 12.8 Å². The van der Waals surface area contributed by atoms with Crippen molar-refractivity contribution in [2.75, 3.05) is 0 Å². The third-order valence-electron chi connectivity index (χ3n) is 1.25. The van der Waals surface area contributed by atoms with Gasteiger partial charge in [-0.2, -0.15) is 0 Å². The van der Waals surface area contributed by atoms with Gasteiger partial charge in [0.05, 0.1) is 6.92 Å². The fourth-order valence-corrected chi connectivity index (χ4v) is 0.597. The molecule has 2 unspecified atom stereocenters. The van der Waals surface area contributed by atoms with Crippen LogP contribution < -0.4 is 0 Å². The molecule has 0 radical (unpaired) electrons. The Morgan fingerprint density at radius 2 is 1.90 bits per heavy atom. The SMILES string of the molecule is [CH2+]C(C)C(O)CC(C)(O)O. The van der Waals surface area contributed by atoms with Gasteiger partial charge in [-0.05, 0) is 13.8 Å². The standard InChI is InChI=1S/C7H15O3/c1-5(2)6(8)4-7(3,9)10/h5-6,8-10H,1,4H2,2-3H3/q+1. The molecule has 0 rings (SSSR count). The van der Waals surface area contributed by atoms with E-state index in [0.29, 0.717) is 0 Å². The molecule has 0 aliphatic heterocycles. The first-order chi connectivity index (χ1) is 4.33. The van der Waals surface area contributed by atoms with Crippen LogP contribution in [0.25, 0.3) is 0 Å². The van der Waals surface area contributed by atoms with Gasteiger partial charge in [-0.3, -0.25) is 0 Å². The molecule has 2 atom stereocenters. The Bertz CT molecular complexity index is 93.5. The third-order valence-corrected chi connectivity index (χ3v) is 1.25. The van der Waals surface area contributed by atoms with Gasteiger partial charge in [-0.1, -0.05) is 0 Å². The van der Waals surface area contributed by atoms with E-state index in [1.165, 1.54) is 6.92 Å². The zero-order valence-corrected chi connectivity index (χ0v) is 6.41. The lowest BCUT2D eigenvalue weighted by Gasteiger charge is -2.19. The van der Waals surface area contributed by atoms with Crippen molar-refractivity contribution in [3.05, 3.63) is 6.92 Å². The molecule has 0 aromatic carbocycles. The monoisotopic (exact) mass is 147 g/mol. The van der Waals surface area contributed by atoms with E-state index in [9.17, 15) is 0 Å². The third kappa shape index (κ3) is 4.61. The highest BCUT2D eigenvalue weighted by molar-refractivity contribution is 4.71. The van der Waals surface area contributed by atoms with Crippen molar-refractivity contribution < 1.29 is 15.3 Å². The van der Waals surface area contributed by atoms with Gasteiger partial charge < -0.3 is 15.3 Å². The van der Waals surface area contributed by atoms with E-state index < -0.39 is 11.9 Å². The van der Waals surface area contributed by atoms with Gasteiger partial charge in [0.2, 0.25) is 0 Å². The molecule has 0 aromatic heterocycles. The predicted molar refractivity (Wildman–Crippen MR) is 38.0 cm³/mol. The largest absolute Gasteiger partial charge is 0.388 e. The van der Waals surface area contributed by atoms with Gasteiger partial charge in [0.25, 0.3) is 0 Å².